The molecule has 0 spiro atoms. The topological polar surface area (TPSA) is 56.0 Å². The molecule has 0 saturated carbocycles. The van der Waals surface area contributed by atoms with Gasteiger partial charge in [0.15, 0.2) is 5.82 Å². The summed E-state index contributed by atoms with van der Waals surface area (Å²) >= 11 is 3.48. The van der Waals surface area contributed by atoms with Crippen LogP contribution in [0.2, 0.25) is 0 Å². The second-order valence-electron chi connectivity index (χ2n) is 4.34. The third-order valence-corrected chi connectivity index (χ3v) is 3.47. The first-order chi connectivity index (χ1) is 9.19. The molecule has 0 atom stereocenters. The van der Waals surface area contributed by atoms with E-state index in [-0.39, 0.29) is 12.2 Å². The fourth-order valence-electron chi connectivity index (χ4n) is 1.78. The summed E-state index contributed by atoms with van der Waals surface area (Å²) in [5.41, 5.74) is 1.09. The van der Waals surface area contributed by atoms with Gasteiger partial charge < -0.3 is 4.52 Å². The van der Waals surface area contributed by atoms with Crippen molar-refractivity contribution in [2.75, 3.05) is 0 Å². The number of carbonyl (C=O) groups is 1. The molecule has 0 amide bonds. The fraction of sp³-hybridized carbons (Fsp3) is 0.357. The van der Waals surface area contributed by atoms with Gasteiger partial charge in [0.25, 0.3) is 0 Å². The summed E-state index contributed by atoms with van der Waals surface area (Å²) in [5.74, 6) is 1.14. The second kappa shape index (κ2) is 6.61. The Morgan fingerprint density at radius 3 is 2.89 bits per heavy atom. The van der Waals surface area contributed by atoms with E-state index in [2.05, 4.69) is 26.1 Å². The lowest BCUT2D eigenvalue weighted by atomic mass is 10.1. The van der Waals surface area contributed by atoms with Crippen molar-refractivity contribution >= 4 is 21.7 Å². The number of carbonyl (C=O) groups excluding carboxylic acids is 1. The average molecular weight is 323 g/mol. The predicted molar refractivity (Wildman–Crippen MR) is 74.9 cm³/mol. The van der Waals surface area contributed by atoms with Crippen molar-refractivity contribution in [3.05, 3.63) is 46.0 Å². The largest absolute Gasteiger partial charge is 0.339 e. The molecule has 0 aliphatic rings. The summed E-state index contributed by atoms with van der Waals surface area (Å²) in [6.45, 7) is 1.98. The zero-order valence-electron chi connectivity index (χ0n) is 10.7. The minimum Gasteiger partial charge on any atom is -0.339 e. The summed E-state index contributed by atoms with van der Waals surface area (Å²) < 4.78 is 6.11. The highest BCUT2D eigenvalue weighted by Gasteiger charge is 2.11. The molecule has 100 valence electrons. The van der Waals surface area contributed by atoms with Gasteiger partial charge in [0.1, 0.15) is 5.78 Å². The number of benzene rings is 1. The average Bonchev–Trinajstić information content (AvgIpc) is 2.80. The van der Waals surface area contributed by atoms with Crippen LogP contribution in [-0.2, 0) is 17.6 Å². The molecule has 2 rings (SSSR count). The van der Waals surface area contributed by atoms with E-state index in [0.717, 1.165) is 16.5 Å². The maximum absolute atomic E-state index is 11.5. The van der Waals surface area contributed by atoms with Crippen LogP contribution in [0.3, 0.4) is 0 Å². The molecule has 1 heterocycles. The molecule has 0 unspecified atom stereocenters. The number of rotatable bonds is 6. The predicted octanol–water partition coefficient (Wildman–Crippen LogP) is 3.33. The maximum Gasteiger partial charge on any atom is 0.234 e. The summed E-state index contributed by atoms with van der Waals surface area (Å²) in [6, 6.07) is 7.90. The van der Waals surface area contributed by atoms with Gasteiger partial charge in [-0.15, -0.1) is 0 Å². The highest BCUT2D eigenvalue weighted by Crippen LogP contribution is 2.18. The van der Waals surface area contributed by atoms with Crippen molar-refractivity contribution in [1.29, 1.82) is 0 Å². The van der Waals surface area contributed by atoms with Gasteiger partial charge in [0.2, 0.25) is 5.89 Å². The Morgan fingerprint density at radius 1 is 1.37 bits per heavy atom. The summed E-state index contributed by atoms with van der Waals surface area (Å²) in [6.07, 6.45) is 2.22. The van der Waals surface area contributed by atoms with Crippen LogP contribution in [0.5, 0.6) is 0 Å². The van der Waals surface area contributed by atoms with Crippen LogP contribution in [0.15, 0.2) is 33.3 Å². The number of ketones is 1. The van der Waals surface area contributed by atoms with E-state index in [0.29, 0.717) is 24.6 Å². The quantitative estimate of drug-likeness (QED) is 0.818. The molecular weight excluding hydrogens is 308 g/mol. The Hall–Kier alpha value is -1.49. The number of aromatic nitrogens is 2. The summed E-state index contributed by atoms with van der Waals surface area (Å²) in [4.78, 5) is 15.7. The van der Waals surface area contributed by atoms with Crippen LogP contribution in [0.1, 0.15) is 37.0 Å². The minimum atomic E-state index is 0.138. The summed E-state index contributed by atoms with van der Waals surface area (Å²) in [5, 5.41) is 3.91. The van der Waals surface area contributed by atoms with Gasteiger partial charge in [0, 0.05) is 17.3 Å². The third-order valence-electron chi connectivity index (χ3n) is 2.69. The maximum atomic E-state index is 11.5. The van der Waals surface area contributed by atoms with Gasteiger partial charge in [-0.25, -0.2) is 0 Å². The first-order valence-corrected chi connectivity index (χ1v) is 7.05. The molecule has 2 aromatic rings. The van der Waals surface area contributed by atoms with Crippen molar-refractivity contribution in [3.63, 3.8) is 0 Å². The lowest BCUT2D eigenvalue weighted by Crippen LogP contribution is -2.02. The second-order valence-corrected chi connectivity index (χ2v) is 5.19. The molecule has 0 aliphatic heterocycles. The highest BCUT2D eigenvalue weighted by atomic mass is 79.9. The molecule has 0 aliphatic carbocycles. The zero-order valence-corrected chi connectivity index (χ0v) is 12.3. The van der Waals surface area contributed by atoms with Gasteiger partial charge >= 0.3 is 0 Å². The van der Waals surface area contributed by atoms with Gasteiger partial charge in [-0.3, -0.25) is 4.79 Å². The van der Waals surface area contributed by atoms with Gasteiger partial charge in [-0.1, -0.05) is 46.2 Å². The van der Waals surface area contributed by atoms with Crippen molar-refractivity contribution in [1.82, 2.24) is 10.1 Å². The third kappa shape index (κ3) is 3.99. The van der Waals surface area contributed by atoms with E-state index in [1.807, 2.05) is 31.2 Å². The minimum absolute atomic E-state index is 0.138. The Kier molecular flexibility index (Phi) is 4.85. The van der Waals surface area contributed by atoms with Gasteiger partial charge in [-0.2, -0.15) is 4.98 Å². The molecule has 0 N–H and O–H groups in total. The number of hydrogen-bond donors (Lipinski definition) is 0. The van der Waals surface area contributed by atoms with E-state index in [4.69, 9.17) is 4.52 Å². The van der Waals surface area contributed by atoms with Gasteiger partial charge in [-0.05, 0) is 18.1 Å². The Labute approximate surface area is 120 Å². The van der Waals surface area contributed by atoms with Crippen molar-refractivity contribution < 1.29 is 9.32 Å². The summed E-state index contributed by atoms with van der Waals surface area (Å²) in [7, 11) is 0. The molecule has 0 radical (unpaired) electrons. The number of Topliss-reactive ketones (excluding diaryl/α,β-unsaturated/α-hetero) is 1. The molecule has 0 bridgehead atoms. The van der Waals surface area contributed by atoms with Crippen LogP contribution in [-0.4, -0.2) is 15.9 Å². The molecule has 4 nitrogen and oxygen atoms in total. The SMILES string of the molecule is CCCC(=O)Cc1nc(Cc2ccccc2Br)no1. The standard InChI is InChI=1S/C14H15BrN2O2/c1-2-5-11(18)9-14-16-13(17-19-14)8-10-6-3-4-7-12(10)15/h3-4,6-7H,2,5,8-9H2,1H3. The van der Waals surface area contributed by atoms with Gasteiger partial charge in [0.05, 0.1) is 6.42 Å². The number of halogens is 1. The van der Waals surface area contributed by atoms with Crippen LogP contribution in [0.4, 0.5) is 0 Å². The molecule has 0 saturated heterocycles. The van der Waals surface area contributed by atoms with Crippen LogP contribution in [0, 0.1) is 0 Å². The zero-order chi connectivity index (χ0) is 13.7. The smallest absolute Gasteiger partial charge is 0.234 e. The molecular formula is C14H15BrN2O2. The normalized spacial score (nSPS) is 10.6. The first kappa shape index (κ1) is 13.9. The van der Waals surface area contributed by atoms with E-state index in [1.165, 1.54) is 0 Å². The molecule has 5 heteroatoms. The van der Waals surface area contributed by atoms with Crippen molar-refractivity contribution in [3.8, 4) is 0 Å². The van der Waals surface area contributed by atoms with E-state index >= 15 is 0 Å². The van der Waals surface area contributed by atoms with Crippen molar-refractivity contribution in [2.24, 2.45) is 0 Å². The van der Waals surface area contributed by atoms with Crippen LogP contribution in [0.25, 0.3) is 0 Å². The van der Waals surface area contributed by atoms with Crippen LogP contribution >= 0.6 is 15.9 Å². The highest BCUT2D eigenvalue weighted by molar-refractivity contribution is 9.10. The Bertz CT molecular complexity index is 566. The molecule has 0 fully saturated rings. The van der Waals surface area contributed by atoms with Crippen molar-refractivity contribution in [2.45, 2.75) is 32.6 Å². The Morgan fingerprint density at radius 2 is 2.16 bits per heavy atom. The first-order valence-electron chi connectivity index (χ1n) is 6.25. The molecule has 1 aromatic heterocycles. The van der Waals surface area contributed by atoms with E-state index in [1.54, 1.807) is 0 Å². The number of hydrogen-bond acceptors (Lipinski definition) is 4. The van der Waals surface area contributed by atoms with E-state index < -0.39 is 0 Å². The van der Waals surface area contributed by atoms with E-state index in [9.17, 15) is 4.79 Å². The molecule has 1 aromatic carbocycles. The lowest BCUT2D eigenvalue weighted by molar-refractivity contribution is -0.118. The van der Waals surface area contributed by atoms with Crippen LogP contribution < -0.4 is 0 Å². The monoisotopic (exact) mass is 322 g/mol. The lowest BCUT2D eigenvalue weighted by Gasteiger charge is -1.99. The fourth-order valence-corrected chi connectivity index (χ4v) is 2.21. The molecule has 19 heavy (non-hydrogen) atoms. The number of nitrogens with zero attached hydrogens (tertiary/aromatic N) is 2. The Balaban J connectivity index is 2.02.